The third-order valence-corrected chi connectivity index (χ3v) is 2.84. The minimum Gasteiger partial charge on any atom is -0.217 e. The molecule has 13 heavy (non-hydrogen) atoms. The summed E-state index contributed by atoms with van der Waals surface area (Å²) in [6.45, 7) is 2.01. The lowest BCUT2D eigenvalue weighted by Gasteiger charge is -2.00. The Kier molecular flexibility index (Phi) is 2.30. The molecule has 2 rings (SSSR count). The number of benzene rings is 1. The summed E-state index contributed by atoms with van der Waals surface area (Å²) < 4.78 is 2.78. The van der Waals surface area contributed by atoms with Crippen LogP contribution in [0.5, 0.6) is 0 Å². The van der Waals surface area contributed by atoms with E-state index in [-0.39, 0.29) is 0 Å². The van der Waals surface area contributed by atoms with E-state index in [4.69, 9.17) is 0 Å². The van der Waals surface area contributed by atoms with E-state index in [1.165, 1.54) is 0 Å². The van der Waals surface area contributed by atoms with Gasteiger partial charge in [-0.15, -0.1) is 5.10 Å². The molecule has 0 unspecified atom stereocenters. The summed E-state index contributed by atoms with van der Waals surface area (Å²) in [5, 5.41) is 8.04. The van der Waals surface area contributed by atoms with Gasteiger partial charge in [-0.1, -0.05) is 23.4 Å². The predicted molar refractivity (Wildman–Crippen MR) is 58.8 cm³/mol. The maximum Gasteiger partial charge on any atom is 0.146 e. The molecule has 0 atom stereocenters. The Morgan fingerprint density at radius 3 is 2.46 bits per heavy atom. The largest absolute Gasteiger partial charge is 0.217 e. The summed E-state index contributed by atoms with van der Waals surface area (Å²) in [4.78, 5) is 0. The Bertz CT molecular complexity index is 408. The molecule has 0 aliphatic carbocycles. The molecule has 0 N–H and O–H groups in total. The molecule has 1 aromatic carbocycles. The second kappa shape index (κ2) is 3.45. The van der Waals surface area contributed by atoms with Gasteiger partial charge in [-0.25, -0.2) is 4.68 Å². The fourth-order valence-corrected chi connectivity index (χ4v) is 1.45. The number of halogens is 1. The minimum absolute atomic E-state index is 0.946. The average molecular weight is 285 g/mol. The lowest BCUT2D eigenvalue weighted by molar-refractivity contribution is 0.784. The zero-order valence-electron chi connectivity index (χ0n) is 7.11. The molecule has 1 heterocycles. The van der Waals surface area contributed by atoms with Gasteiger partial charge in [0.2, 0.25) is 0 Å². The molecule has 0 saturated heterocycles. The Morgan fingerprint density at radius 1 is 1.23 bits per heavy atom. The molecule has 0 amide bonds. The highest BCUT2D eigenvalue weighted by Gasteiger charge is 2.05. The van der Waals surface area contributed by atoms with Gasteiger partial charge < -0.3 is 0 Å². The van der Waals surface area contributed by atoms with Crippen LogP contribution < -0.4 is 0 Å². The van der Waals surface area contributed by atoms with Crippen LogP contribution in [0.25, 0.3) is 5.69 Å². The van der Waals surface area contributed by atoms with E-state index in [1.807, 2.05) is 41.9 Å². The molecule has 0 aliphatic rings. The monoisotopic (exact) mass is 285 g/mol. The first-order valence-electron chi connectivity index (χ1n) is 3.92. The maximum atomic E-state index is 4.04. The van der Waals surface area contributed by atoms with Gasteiger partial charge in [0, 0.05) is 0 Å². The number of hydrogen-bond acceptors (Lipinski definition) is 2. The fourth-order valence-electron chi connectivity index (χ4n) is 1.13. The molecule has 0 bridgehead atoms. The van der Waals surface area contributed by atoms with Crippen LogP contribution in [-0.4, -0.2) is 15.0 Å². The zero-order chi connectivity index (χ0) is 9.26. The molecular weight excluding hydrogens is 277 g/mol. The number of para-hydroxylation sites is 1. The Morgan fingerprint density at radius 2 is 1.92 bits per heavy atom. The molecule has 0 spiro atoms. The van der Waals surface area contributed by atoms with E-state index in [9.17, 15) is 0 Å². The summed E-state index contributed by atoms with van der Waals surface area (Å²) in [6.07, 6.45) is 0. The van der Waals surface area contributed by atoms with Gasteiger partial charge in [0.05, 0.1) is 11.4 Å². The molecule has 3 nitrogen and oxygen atoms in total. The Hall–Kier alpha value is -0.910. The molecule has 66 valence electrons. The normalized spacial score (nSPS) is 10.3. The van der Waals surface area contributed by atoms with Crippen LogP contribution in [-0.2, 0) is 0 Å². The summed E-state index contributed by atoms with van der Waals surface area (Å²) in [5.41, 5.74) is 2.13. The fraction of sp³-hybridized carbons (Fsp3) is 0.111. The van der Waals surface area contributed by atoms with Gasteiger partial charge in [-0.05, 0) is 41.6 Å². The van der Waals surface area contributed by atoms with Crippen LogP contribution in [0, 0.1) is 10.6 Å². The lowest BCUT2D eigenvalue weighted by atomic mass is 10.3. The standard InChI is InChI=1S/C9H8IN3/c1-7-9(10)11-12-13(7)8-5-3-2-4-6-8/h2-6H,1H3. The second-order valence-corrected chi connectivity index (χ2v) is 3.73. The Balaban J connectivity index is 2.53. The zero-order valence-corrected chi connectivity index (χ0v) is 9.26. The van der Waals surface area contributed by atoms with Crippen LogP contribution in [0.4, 0.5) is 0 Å². The molecular formula is C9H8IN3. The van der Waals surface area contributed by atoms with E-state index in [0.717, 1.165) is 15.1 Å². The van der Waals surface area contributed by atoms with Crippen molar-refractivity contribution in [3.63, 3.8) is 0 Å². The van der Waals surface area contributed by atoms with E-state index in [0.29, 0.717) is 0 Å². The van der Waals surface area contributed by atoms with Gasteiger partial charge in [0.15, 0.2) is 0 Å². The number of nitrogens with zero attached hydrogens (tertiary/aromatic N) is 3. The lowest BCUT2D eigenvalue weighted by Crippen LogP contribution is -1.98. The van der Waals surface area contributed by atoms with Crippen LogP contribution in [0.2, 0.25) is 0 Å². The molecule has 1 aromatic heterocycles. The van der Waals surface area contributed by atoms with Gasteiger partial charge in [0.1, 0.15) is 3.70 Å². The van der Waals surface area contributed by atoms with Gasteiger partial charge >= 0.3 is 0 Å². The highest BCUT2D eigenvalue weighted by atomic mass is 127. The predicted octanol–water partition coefficient (Wildman–Crippen LogP) is 2.18. The molecule has 4 heteroatoms. The smallest absolute Gasteiger partial charge is 0.146 e. The first-order valence-corrected chi connectivity index (χ1v) is 5.00. The van der Waals surface area contributed by atoms with E-state index < -0.39 is 0 Å². The summed E-state index contributed by atoms with van der Waals surface area (Å²) in [5.74, 6) is 0. The first-order chi connectivity index (χ1) is 6.29. The van der Waals surface area contributed by atoms with Crippen molar-refractivity contribution in [2.24, 2.45) is 0 Å². The first kappa shape index (κ1) is 8.68. The molecule has 2 aromatic rings. The van der Waals surface area contributed by atoms with Crippen LogP contribution in [0.1, 0.15) is 5.69 Å². The van der Waals surface area contributed by atoms with Crippen molar-refractivity contribution in [3.8, 4) is 5.69 Å². The number of hydrogen-bond donors (Lipinski definition) is 0. The van der Waals surface area contributed by atoms with Crippen LogP contribution >= 0.6 is 22.6 Å². The molecule has 0 aliphatic heterocycles. The minimum atomic E-state index is 0.946. The highest BCUT2D eigenvalue weighted by Crippen LogP contribution is 2.12. The van der Waals surface area contributed by atoms with Crippen LogP contribution in [0.15, 0.2) is 30.3 Å². The number of aromatic nitrogens is 3. The summed E-state index contributed by atoms with van der Waals surface area (Å²) >= 11 is 2.18. The van der Waals surface area contributed by atoms with Crippen molar-refractivity contribution in [2.45, 2.75) is 6.92 Å². The molecule has 0 fully saturated rings. The number of rotatable bonds is 1. The quantitative estimate of drug-likeness (QED) is 0.752. The van der Waals surface area contributed by atoms with Crippen molar-refractivity contribution >= 4 is 22.6 Å². The summed E-state index contributed by atoms with van der Waals surface area (Å²) in [7, 11) is 0. The van der Waals surface area contributed by atoms with Crippen molar-refractivity contribution in [1.29, 1.82) is 0 Å². The van der Waals surface area contributed by atoms with Gasteiger partial charge in [-0.2, -0.15) is 0 Å². The second-order valence-electron chi connectivity index (χ2n) is 2.71. The van der Waals surface area contributed by atoms with Crippen molar-refractivity contribution in [3.05, 3.63) is 39.7 Å². The van der Waals surface area contributed by atoms with E-state index in [1.54, 1.807) is 0 Å². The topological polar surface area (TPSA) is 30.7 Å². The molecule has 0 saturated carbocycles. The van der Waals surface area contributed by atoms with Gasteiger partial charge in [-0.3, -0.25) is 0 Å². The van der Waals surface area contributed by atoms with E-state index >= 15 is 0 Å². The average Bonchev–Trinajstić information content (AvgIpc) is 2.49. The molecule has 0 radical (unpaired) electrons. The third-order valence-electron chi connectivity index (χ3n) is 1.84. The van der Waals surface area contributed by atoms with Crippen molar-refractivity contribution < 1.29 is 0 Å². The SMILES string of the molecule is Cc1c(I)nnn1-c1ccccc1. The van der Waals surface area contributed by atoms with E-state index in [2.05, 4.69) is 32.9 Å². The van der Waals surface area contributed by atoms with Gasteiger partial charge in [0.25, 0.3) is 0 Å². The van der Waals surface area contributed by atoms with Crippen molar-refractivity contribution in [2.75, 3.05) is 0 Å². The van der Waals surface area contributed by atoms with Crippen molar-refractivity contribution in [1.82, 2.24) is 15.0 Å². The van der Waals surface area contributed by atoms with Crippen LogP contribution in [0.3, 0.4) is 0 Å². The summed E-state index contributed by atoms with van der Waals surface area (Å²) in [6, 6.07) is 9.99. The highest BCUT2D eigenvalue weighted by molar-refractivity contribution is 14.1. The third kappa shape index (κ3) is 1.58. The Labute approximate surface area is 89.9 Å². The maximum absolute atomic E-state index is 4.04.